The number of hydrogen-bond acceptors (Lipinski definition) is 6. The summed E-state index contributed by atoms with van der Waals surface area (Å²) in [4.78, 5) is 15.8. The Labute approximate surface area is 123 Å². The molecular weight excluding hydrogens is 296 g/mol. The normalized spacial score (nSPS) is 22.7. The molecule has 0 saturated heterocycles. The predicted octanol–water partition coefficient (Wildman–Crippen LogP) is 0.216. The third-order valence-corrected chi connectivity index (χ3v) is 6.11. The van der Waals surface area contributed by atoms with E-state index in [4.69, 9.17) is 4.74 Å². The van der Waals surface area contributed by atoms with Crippen LogP contribution in [0.15, 0.2) is 0 Å². The van der Waals surface area contributed by atoms with Gasteiger partial charge in [0.2, 0.25) is 10.0 Å². The molecule has 1 aromatic rings. The highest BCUT2D eigenvalue weighted by Gasteiger charge is 2.44. The van der Waals surface area contributed by atoms with Crippen molar-refractivity contribution in [3.8, 4) is 0 Å². The summed E-state index contributed by atoms with van der Waals surface area (Å²) in [6.45, 7) is 1.83. The standard InChI is InChI=1S/C12H20N4O4S/c1-8-13-11(15-14-8)7-16(2)21(18,19)10-6-4-5-9(10)12(17)20-3/h9-10H,4-7H2,1-3H3,(H,13,14,15). The van der Waals surface area contributed by atoms with Crippen molar-refractivity contribution in [2.75, 3.05) is 14.2 Å². The van der Waals surface area contributed by atoms with E-state index in [0.29, 0.717) is 30.9 Å². The van der Waals surface area contributed by atoms with Gasteiger partial charge in [-0.3, -0.25) is 9.89 Å². The van der Waals surface area contributed by atoms with E-state index in [1.807, 2.05) is 0 Å². The lowest BCUT2D eigenvalue weighted by molar-refractivity contribution is -0.145. The van der Waals surface area contributed by atoms with Crippen molar-refractivity contribution in [3.05, 3.63) is 11.6 Å². The minimum Gasteiger partial charge on any atom is -0.469 e. The summed E-state index contributed by atoms with van der Waals surface area (Å²) in [5, 5.41) is 5.88. The first-order valence-electron chi connectivity index (χ1n) is 6.77. The smallest absolute Gasteiger partial charge is 0.310 e. The summed E-state index contributed by atoms with van der Waals surface area (Å²) >= 11 is 0. The van der Waals surface area contributed by atoms with Gasteiger partial charge in [-0.15, -0.1) is 0 Å². The molecule has 1 saturated carbocycles. The number of methoxy groups -OCH3 is 1. The average molecular weight is 316 g/mol. The van der Waals surface area contributed by atoms with Gasteiger partial charge in [-0.05, 0) is 19.8 Å². The largest absolute Gasteiger partial charge is 0.469 e. The van der Waals surface area contributed by atoms with Gasteiger partial charge in [0.1, 0.15) is 5.82 Å². The molecule has 1 aliphatic rings. The highest BCUT2D eigenvalue weighted by Crippen LogP contribution is 2.33. The van der Waals surface area contributed by atoms with Crippen LogP contribution in [0, 0.1) is 12.8 Å². The predicted molar refractivity (Wildman–Crippen MR) is 74.7 cm³/mol. The van der Waals surface area contributed by atoms with Crippen LogP contribution >= 0.6 is 0 Å². The van der Waals surface area contributed by atoms with Gasteiger partial charge in [0, 0.05) is 7.05 Å². The van der Waals surface area contributed by atoms with E-state index >= 15 is 0 Å². The fraction of sp³-hybridized carbons (Fsp3) is 0.750. The van der Waals surface area contributed by atoms with Crippen molar-refractivity contribution in [2.45, 2.75) is 38.0 Å². The summed E-state index contributed by atoms with van der Waals surface area (Å²) in [5.41, 5.74) is 0. The van der Waals surface area contributed by atoms with Gasteiger partial charge in [0.15, 0.2) is 5.82 Å². The van der Waals surface area contributed by atoms with E-state index in [1.54, 1.807) is 6.92 Å². The van der Waals surface area contributed by atoms with Gasteiger partial charge in [-0.2, -0.15) is 9.40 Å². The molecule has 1 fully saturated rings. The highest BCUT2D eigenvalue weighted by atomic mass is 32.2. The molecule has 1 heterocycles. The number of carbonyl (C=O) groups is 1. The second-order valence-electron chi connectivity index (χ2n) is 5.24. The van der Waals surface area contributed by atoms with E-state index < -0.39 is 27.2 Å². The lowest BCUT2D eigenvalue weighted by Gasteiger charge is -2.23. The van der Waals surface area contributed by atoms with Crippen LogP contribution in [0.3, 0.4) is 0 Å². The molecule has 0 bridgehead atoms. The Bertz CT molecular complexity index is 613. The Balaban J connectivity index is 2.14. The van der Waals surface area contributed by atoms with Crippen LogP contribution in [-0.4, -0.2) is 53.3 Å². The second-order valence-corrected chi connectivity index (χ2v) is 7.50. The highest BCUT2D eigenvalue weighted by molar-refractivity contribution is 7.89. The number of H-pyrrole nitrogens is 1. The number of ether oxygens (including phenoxy) is 1. The molecule has 21 heavy (non-hydrogen) atoms. The Morgan fingerprint density at radius 1 is 1.48 bits per heavy atom. The van der Waals surface area contributed by atoms with E-state index in [1.165, 1.54) is 18.5 Å². The quantitative estimate of drug-likeness (QED) is 0.779. The van der Waals surface area contributed by atoms with Crippen LogP contribution in [0.1, 0.15) is 30.9 Å². The first kappa shape index (κ1) is 15.9. The number of carbonyl (C=O) groups excluding carboxylic acids is 1. The second kappa shape index (κ2) is 6.10. The zero-order chi connectivity index (χ0) is 15.6. The van der Waals surface area contributed by atoms with Gasteiger partial charge in [0.05, 0.1) is 24.8 Å². The molecule has 0 spiro atoms. The molecule has 1 aromatic heterocycles. The molecule has 1 aliphatic carbocycles. The molecule has 0 radical (unpaired) electrons. The van der Waals surface area contributed by atoms with Gasteiger partial charge in [-0.1, -0.05) is 6.42 Å². The summed E-state index contributed by atoms with van der Waals surface area (Å²) < 4.78 is 31.2. The van der Waals surface area contributed by atoms with Gasteiger partial charge < -0.3 is 4.74 Å². The lowest BCUT2D eigenvalue weighted by Crippen LogP contribution is -2.40. The van der Waals surface area contributed by atoms with Crippen LogP contribution in [0.5, 0.6) is 0 Å². The molecule has 0 aromatic carbocycles. The number of aromatic amines is 1. The van der Waals surface area contributed by atoms with Crippen LogP contribution in [0.2, 0.25) is 0 Å². The van der Waals surface area contributed by atoms with Crippen LogP contribution in [0.4, 0.5) is 0 Å². The number of hydrogen-bond donors (Lipinski definition) is 1. The molecule has 0 amide bonds. The molecule has 2 atom stereocenters. The number of esters is 1. The molecule has 2 rings (SSSR count). The number of aryl methyl sites for hydroxylation is 1. The van der Waals surface area contributed by atoms with Crippen LogP contribution in [-0.2, 0) is 26.1 Å². The van der Waals surface area contributed by atoms with Crippen LogP contribution in [0.25, 0.3) is 0 Å². The Morgan fingerprint density at radius 3 is 2.76 bits per heavy atom. The molecule has 2 unspecified atom stereocenters. The summed E-state index contributed by atoms with van der Waals surface area (Å²) in [5.74, 6) is -0.00478. The van der Waals surface area contributed by atoms with Crippen molar-refractivity contribution >= 4 is 16.0 Å². The van der Waals surface area contributed by atoms with E-state index in [-0.39, 0.29) is 6.54 Å². The lowest BCUT2D eigenvalue weighted by atomic mass is 10.1. The molecular formula is C12H20N4O4S. The van der Waals surface area contributed by atoms with Crippen molar-refractivity contribution < 1.29 is 17.9 Å². The first-order valence-corrected chi connectivity index (χ1v) is 8.27. The number of sulfonamides is 1. The monoisotopic (exact) mass is 316 g/mol. The molecule has 1 N–H and O–H groups in total. The molecule has 9 heteroatoms. The number of aromatic nitrogens is 3. The third-order valence-electron chi connectivity index (χ3n) is 3.78. The van der Waals surface area contributed by atoms with Crippen molar-refractivity contribution in [2.24, 2.45) is 5.92 Å². The first-order chi connectivity index (χ1) is 9.86. The zero-order valence-corrected chi connectivity index (χ0v) is 13.2. The zero-order valence-electron chi connectivity index (χ0n) is 12.4. The average Bonchev–Trinajstić information content (AvgIpc) is 3.07. The summed E-state index contributed by atoms with van der Waals surface area (Å²) in [6.07, 6.45) is 1.72. The number of nitrogens with zero attached hydrogens (tertiary/aromatic N) is 3. The minimum atomic E-state index is -3.59. The molecule has 0 aliphatic heterocycles. The number of rotatable bonds is 5. The van der Waals surface area contributed by atoms with Gasteiger partial charge >= 0.3 is 5.97 Å². The van der Waals surface area contributed by atoms with Gasteiger partial charge in [0.25, 0.3) is 0 Å². The maximum atomic E-state index is 12.6. The van der Waals surface area contributed by atoms with Crippen molar-refractivity contribution in [3.63, 3.8) is 0 Å². The number of nitrogens with one attached hydrogen (secondary N) is 1. The fourth-order valence-corrected chi connectivity index (χ4v) is 4.57. The van der Waals surface area contributed by atoms with E-state index in [2.05, 4.69) is 15.2 Å². The van der Waals surface area contributed by atoms with E-state index in [9.17, 15) is 13.2 Å². The van der Waals surface area contributed by atoms with Crippen LogP contribution < -0.4 is 0 Å². The van der Waals surface area contributed by atoms with Crippen molar-refractivity contribution in [1.29, 1.82) is 0 Å². The molecule has 8 nitrogen and oxygen atoms in total. The van der Waals surface area contributed by atoms with Crippen molar-refractivity contribution in [1.82, 2.24) is 19.5 Å². The molecule has 118 valence electrons. The van der Waals surface area contributed by atoms with Gasteiger partial charge in [-0.25, -0.2) is 13.4 Å². The SMILES string of the molecule is COC(=O)C1CCCC1S(=O)(=O)N(C)Cc1n[nH]c(C)n1. The topological polar surface area (TPSA) is 105 Å². The summed E-state index contributed by atoms with van der Waals surface area (Å²) in [6, 6.07) is 0. The Morgan fingerprint density at radius 2 is 2.19 bits per heavy atom. The fourth-order valence-electron chi connectivity index (χ4n) is 2.68. The third kappa shape index (κ3) is 3.24. The Hall–Kier alpha value is -1.48. The van der Waals surface area contributed by atoms with E-state index in [0.717, 1.165) is 0 Å². The minimum absolute atomic E-state index is 0.0804. The summed E-state index contributed by atoms with van der Waals surface area (Å²) in [7, 11) is -0.831. The Kier molecular flexibility index (Phi) is 4.62. The maximum Gasteiger partial charge on any atom is 0.310 e. The maximum absolute atomic E-state index is 12.6.